The summed E-state index contributed by atoms with van der Waals surface area (Å²) < 4.78 is 13.4. The van der Waals surface area contributed by atoms with Crippen molar-refractivity contribution in [1.29, 1.82) is 0 Å². The lowest BCUT2D eigenvalue weighted by Gasteiger charge is -2.41. The summed E-state index contributed by atoms with van der Waals surface area (Å²) in [4.78, 5) is 189. The van der Waals surface area contributed by atoms with Crippen LogP contribution in [0, 0.1) is 59.1 Å². The Bertz CT molecular complexity index is 3320. The van der Waals surface area contributed by atoms with E-state index in [0.717, 1.165) is 15.4 Å². The van der Waals surface area contributed by atoms with Gasteiger partial charge in [-0.15, -0.1) is 0 Å². The van der Waals surface area contributed by atoms with Crippen molar-refractivity contribution in [1.82, 2.24) is 49.9 Å². The lowest BCUT2D eigenvalue weighted by atomic mass is 9.86. The molecule has 0 saturated carbocycles. The molecule has 3 rings (SSSR count). The van der Waals surface area contributed by atoms with E-state index in [9.17, 15) is 47.9 Å². The number of pyridine rings is 1. The fourth-order valence-corrected chi connectivity index (χ4v) is 13.4. The Morgan fingerprint density at radius 2 is 1.08 bits per heavy atom. The first-order valence-corrected chi connectivity index (χ1v) is 37.5. The first-order chi connectivity index (χ1) is 48.9. The summed E-state index contributed by atoms with van der Waals surface area (Å²) in [6, 6.07) is -0.265. The van der Waals surface area contributed by atoms with Crippen LogP contribution in [0.15, 0.2) is 48.6 Å². The minimum absolute atomic E-state index is 0.0389. The number of nitrogen functional groups attached to an aromatic ring is 1. The van der Waals surface area contributed by atoms with Gasteiger partial charge in [0.15, 0.2) is 11.6 Å². The van der Waals surface area contributed by atoms with Crippen LogP contribution in [-0.4, -0.2) is 225 Å². The zero-order valence-corrected chi connectivity index (χ0v) is 67.1. The molecule has 1 saturated heterocycles. The molecular formula is C79H127FN12O13. The Kier molecular flexibility index (Phi) is 36.6. The molecule has 2 heterocycles. The fraction of sp³-hybridized carbons (Fsp3) is 0.684. The first-order valence-electron chi connectivity index (χ1n) is 37.5. The maximum absolute atomic E-state index is 15.5. The predicted octanol–water partition coefficient (Wildman–Crippen LogP) is 7.75. The van der Waals surface area contributed by atoms with Crippen LogP contribution in [0.25, 0.3) is 0 Å². The number of aliphatic hydroxyl groups is 1. The van der Waals surface area contributed by atoms with Gasteiger partial charge in [-0.25, -0.2) is 9.37 Å². The van der Waals surface area contributed by atoms with Crippen LogP contribution in [0.2, 0.25) is 0 Å². The van der Waals surface area contributed by atoms with Crippen molar-refractivity contribution < 1.29 is 67.0 Å². The molecule has 1 fully saturated rings. The number of benzene rings is 1. The number of aromatic nitrogens is 1. The summed E-state index contributed by atoms with van der Waals surface area (Å²) in [5, 5.41) is 21.0. The molecule has 0 unspecified atom stereocenters. The highest BCUT2D eigenvalue weighted by Crippen LogP contribution is 2.29. The van der Waals surface area contributed by atoms with E-state index in [-0.39, 0.29) is 99.0 Å². The standard InChI is InChI=1S/C79H127FN12O13/c1-24-55-43-64(94)69(70(97)51(14)28-26-25-27-29-65(95)84-58-37-36-57(83-71(58)81)35-32-54-30-33-56(80)34-31-54)92(23)79(105)68(50(12)13)91(22)77(103)62(41-48(8)9)90(21)76(102)61(40-47(6)7)89(20)74(100)52(15)42-63(93)53(16)82-72(98)60(39-46(4)5)88(19)78(104)67(49(10)11)85-73(99)59(38-45(2)3)87(18)66(96)44-86(17)75(55)101/h25-26,30-31,33-34,36-37,45-53,55,59-62,67-70,97H,24,27-29,32,35,38-44H2,1-23H3,(H2,81,83)(H,82,98)(H,84,95)(H,85,99)/b26-25+/t51-,52+,53+,55-,59+,60+,61+,62+,67+,68+,69-,70-/m1/s1. The molecule has 6 N–H and O–H groups in total. The van der Waals surface area contributed by atoms with Gasteiger partial charge >= 0.3 is 0 Å². The van der Waals surface area contributed by atoms with E-state index in [1.165, 1.54) is 92.9 Å². The molecule has 0 aliphatic carbocycles. The zero-order chi connectivity index (χ0) is 79.9. The summed E-state index contributed by atoms with van der Waals surface area (Å²) in [7, 11) is 9.98. The summed E-state index contributed by atoms with van der Waals surface area (Å²) in [6.45, 7) is 27.7. The number of nitrogens with one attached hydrogen (secondary N) is 3. The van der Waals surface area contributed by atoms with E-state index in [0.29, 0.717) is 24.2 Å². The number of carbonyl (C=O) groups is 12. The number of amides is 10. The molecule has 1 aliphatic heterocycles. The Morgan fingerprint density at radius 1 is 0.581 bits per heavy atom. The van der Waals surface area contributed by atoms with Gasteiger partial charge < -0.3 is 61.1 Å². The summed E-state index contributed by atoms with van der Waals surface area (Å²) in [5.74, 6) is -12.1. The Hall–Kier alpha value is -8.16. The van der Waals surface area contributed by atoms with E-state index >= 15 is 19.2 Å². The topological polar surface area (TPSA) is 323 Å². The highest BCUT2D eigenvalue weighted by Gasteiger charge is 2.46. The number of nitrogens with zero attached hydrogens (tertiary/aromatic N) is 8. The van der Waals surface area contributed by atoms with Crippen molar-refractivity contribution in [3.8, 4) is 0 Å². The summed E-state index contributed by atoms with van der Waals surface area (Å²) in [5.41, 5.74) is 8.19. The van der Waals surface area contributed by atoms with Crippen LogP contribution in [-0.2, 0) is 70.4 Å². The van der Waals surface area contributed by atoms with Crippen molar-refractivity contribution in [2.45, 2.75) is 242 Å². The number of aliphatic hydroxyl groups excluding tert-OH is 1. The van der Waals surface area contributed by atoms with Crippen LogP contribution in [0.5, 0.6) is 0 Å². The van der Waals surface area contributed by atoms with Crippen molar-refractivity contribution >= 4 is 82.1 Å². The van der Waals surface area contributed by atoms with Crippen LogP contribution >= 0.6 is 0 Å². The lowest BCUT2D eigenvalue weighted by molar-refractivity contribution is -0.157. The fourth-order valence-electron chi connectivity index (χ4n) is 13.4. The van der Waals surface area contributed by atoms with Crippen LogP contribution < -0.4 is 21.7 Å². The average molecular weight is 1470 g/mol. The second kappa shape index (κ2) is 42.3. The molecule has 0 spiro atoms. The second-order valence-corrected chi connectivity index (χ2v) is 31.6. The molecule has 12 atom stereocenters. The molecule has 10 amide bonds. The van der Waals surface area contributed by atoms with Gasteiger partial charge in [0, 0.05) is 86.1 Å². The normalized spacial score (nSPS) is 24.1. The number of likely N-dealkylation sites (N-methyl/N-ethyl adjacent to an activating group) is 7. The quantitative estimate of drug-likeness (QED) is 0.0704. The van der Waals surface area contributed by atoms with E-state index in [2.05, 4.69) is 20.9 Å². The minimum Gasteiger partial charge on any atom is -0.390 e. The Balaban J connectivity index is 2.20. The zero-order valence-electron chi connectivity index (χ0n) is 67.1. The molecule has 1 aromatic heterocycles. The predicted molar refractivity (Wildman–Crippen MR) is 405 cm³/mol. The van der Waals surface area contributed by atoms with Crippen molar-refractivity contribution in [2.75, 3.05) is 66.9 Å². The average Bonchev–Trinajstić information content (AvgIpc) is 0.793. The number of anilines is 2. The lowest BCUT2D eigenvalue weighted by Crippen LogP contribution is -2.61. The molecule has 588 valence electrons. The molecule has 0 radical (unpaired) electrons. The number of halogens is 1. The molecule has 1 aliphatic rings. The molecule has 1 aromatic carbocycles. The maximum atomic E-state index is 15.5. The van der Waals surface area contributed by atoms with Gasteiger partial charge in [-0.2, -0.15) is 0 Å². The monoisotopic (exact) mass is 1470 g/mol. The molecular weight excluding hydrogens is 1340 g/mol. The third-order valence-corrected chi connectivity index (χ3v) is 20.0. The van der Waals surface area contributed by atoms with Crippen molar-refractivity contribution in [3.05, 3.63) is 65.6 Å². The van der Waals surface area contributed by atoms with Gasteiger partial charge in [0.05, 0.1) is 24.4 Å². The molecule has 25 nitrogen and oxygen atoms in total. The van der Waals surface area contributed by atoms with E-state index < -0.39 is 162 Å². The third kappa shape index (κ3) is 26.7. The summed E-state index contributed by atoms with van der Waals surface area (Å²) in [6.07, 6.45) is 3.30. The second-order valence-electron chi connectivity index (χ2n) is 31.6. The van der Waals surface area contributed by atoms with Crippen LogP contribution in [0.3, 0.4) is 0 Å². The highest BCUT2D eigenvalue weighted by atomic mass is 19.1. The number of hydrogen-bond acceptors (Lipinski definition) is 15. The summed E-state index contributed by atoms with van der Waals surface area (Å²) >= 11 is 0. The van der Waals surface area contributed by atoms with Crippen LogP contribution in [0.4, 0.5) is 15.9 Å². The largest absolute Gasteiger partial charge is 0.390 e. The van der Waals surface area contributed by atoms with Gasteiger partial charge in [-0.1, -0.05) is 128 Å². The number of Topliss-reactive ketones (excluding diaryl/α,β-unsaturated/α-hetero) is 2. The number of ketones is 2. The molecule has 0 bridgehead atoms. The Labute approximate surface area is 624 Å². The number of rotatable bonds is 22. The Morgan fingerprint density at radius 3 is 1.59 bits per heavy atom. The SMILES string of the molecule is CC[C@@H]1CC(=O)[C@H]([C@H](O)[C@H](C)C/C=C/CCC(=O)Nc2ccc(CCc3ccc(F)cc3)nc2N)N(C)C(=O)[C@H](C(C)C)N(C)C(=O)[C@H](CC(C)C)N(C)C(=O)[C@H](CC(C)C)N(C)C(=O)[C@@H](C)CC(=O)[C@H](C)NC(=O)[C@H](CC(C)C)N(C)C(=O)[C@H](C(C)C)NC(=O)[C@H](CC(C)C)N(C)C(=O)CN(C)C1=O. The van der Waals surface area contributed by atoms with Gasteiger partial charge in [-0.3, -0.25) is 57.5 Å². The van der Waals surface area contributed by atoms with Gasteiger partial charge in [-0.05, 0) is 136 Å². The minimum atomic E-state index is -1.63. The van der Waals surface area contributed by atoms with Gasteiger partial charge in [0.2, 0.25) is 59.1 Å². The highest BCUT2D eigenvalue weighted by molar-refractivity contribution is 6.00. The number of allylic oxidation sites excluding steroid dienone is 2. The van der Waals surface area contributed by atoms with Gasteiger partial charge in [0.25, 0.3) is 0 Å². The number of nitrogens with two attached hydrogens (primary N) is 1. The van der Waals surface area contributed by atoms with E-state index in [1.807, 2.05) is 55.4 Å². The smallest absolute Gasteiger partial charge is 0.246 e. The number of carbonyl (C=O) groups excluding carboxylic acids is 12. The molecule has 26 heteroatoms. The van der Waals surface area contributed by atoms with E-state index in [4.69, 9.17) is 5.73 Å². The van der Waals surface area contributed by atoms with Gasteiger partial charge in [0.1, 0.15) is 53.9 Å². The van der Waals surface area contributed by atoms with Crippen molar-refractivity contribution in [2.24, 2.45) is 53.3 Å². The molecule has 2 aromatic rings. The van der Waals surface area contributed by atoms with Crippen LogP contribution in [0.1, 0.15) is 186 Å². The number of hydrogen-bond donors (Lipinski definition) is 5. The third-order valence-electron chi connectivity index (χ3n) is 20.0. The maximum Gasteiger partial charge on any atom is 0.246 e. The first kappa shape index (κ1) is 91.1. The van der Waals surface area contributed by atoms with Crippen molar-refractivity contribution in [3.63, 3.8) is 0 Å². The van der Waals surface area contributed by atoms with E-state index in [1.54, 1.807) is 84.9 Å². The number of aryl methyl sites for hydroxylation is 2. The molecule has 105 heavy (non-hydrogen) atoms.